The summed E-state index contributed by atoms with van der Waals surface area (Å²) in [6.45, 7) is 0.431. The number of nitrogens with one attached hydrogen (secondary N) is 1. The number of hydrogen-bond acceptors (Lipinski definition) is 5. The molecule has 0 aliphatic heterocycles. The fraction of sp³-hybridized carbons (Fsp3) is 0.200. The van der Waals surface area contributed by atoms with E-state index in [1.54, 1.807) is 37.4 Å². The zero-order valence-electron chi connectivity index (χ0n) is 15.3. The highest BCUT2D eigenvalue weighted by atomic mass is 35.5. The Morgan fingerprint density at radius 3 is 2.48 bits per heavy atom. The first-order valence-corrected chi connectivity index (χ1v) is 9.36. The van der Waals surface area contributed by atoms with Gasteiger partial charge in [-0.2, -0.15) is 0 Å². The number of alkyl halides is 2. The predicted octanol–water partition coefficient (Wildman–Crippen LogP) is 6.18. The molecule has 0 fully saturated rings. The van der Waals surface area contributed by atoms with Crippen LogP contribution in [0, 0.1) is 0 Å². The molecule has 0 amide bonds. The van der Waals surface area contributed by atoms with Crippen LogP contribution in [0.1, 0.15) is 17.7 Å². The van der Waals surface area contributed by atoms with Gasteiger partial charge in [-0.25, -0.2) is 18.7 Å². The smallest absolute Gasteiger partial charge is 0.282 e. The summed E-state index contributed by atoms with van der Waals surface area (Å²) in [4.78, 5) is 7.42. The van der Waals surface area contributed by atoms with Crippen molar-refractivity contribution in [3.05, 3.63) is 70.1 Å². The molecule has 0 saturated heterocycles. The fourth-order valence-corrected chi connectivity index (χ4v) is 2.94. The SMILES string of the molecule is COc1cc(CCNc2ncnc(C(F)F)c2Cl)ccc1Oc1ccc(Cl)cc1. The van der Waals surface area contributed by atoms with Crippen molar-refractivity contribution >= 4 is 29.0 Å². The molecule has 3 aromatic rings. The fourth-order valence-electron chi connectivity index (χ4n) is 2.57. The Kier molecular flexibility index (Phi) is 7.06. The molecule has 29 heavy (non-hydrogen) atoms. The van der Waals surface area contributed by atoms with Gasteiger partial charge >= 0.3 is 0 Å². The van der Waals surface area contributed by atoms with E-state index in [2.05, 4.69) is 15.3 Å². The lowest BCUT2D eigenvalue weighted by atomic mass is 10.1. The van der Waals surface area contributed by atoms with E-state index in [0.29, 0.717) is 35.2 Å². The average Bonchev–Trinajstić information content (AvgIpc) is 2.71. The number of methoxy groups -OCH3 is 1. The van der Waals surface area contributed by atoms with Crippen molar-refractivity contribution in [1.82, 2.24) is 9.97 Å². The molecule has 0 radical (unpaired) electrons. The Labute approximate surface area is 176 Å². The van der Waals surface area contributed by atoms with Crippen LogP contribution in [0.2, 0.25) is 10.0 Å². The third-order valence-electron chi connectivity index (χ3n) is 4.00. The van der Waals surface area contributed by atoms with E-state index >= 15 is 0 Å². The topological polar surface area (TPSA) is 56.3 Å². The van der Waals surface area contributed by atoms with E-state index in [0.717, 1.165) is 11.9 Å². The van der Waals surface area contributed by atoms with E-state index in [1.165, 1.54) is 0 Å². The Morgan fingerprint density at radius 2 is 1.79 bits per heavy atom. The van der Waals surface area contributed by atoms with Crippen LogP contribution >= 0.6 is 23.2 Å². The molecule has 152 valence electrons. The number of rotatable bonds is 8. The molecule has 0 spiro atoms. The Bertz CT molecular complexity index is 972. The van der Waals surface area contributed by atoms with Gasteiger partial charge in [-0.1, -0.05) is 29.3 Å². The third kappa shape index (κ3) is 5.46. The van der Waals surface area contributed by atoms with Crippen molar-refractivity contribution in [1.29, 1.82) is 0 Å². The van der Waals surface area contributed by atoms with Crippen molar-refractivity contribution < 1.29 is 18.3 Å². The lowest BCUT2D eigenvalue weighted by Crippen LogP contribution is -2.08. The predicted molar refractivity (Wildman–Crippen MR) is 109 cm³/mol. The van der Waals surface area contributed by atoms with Crippen LogP contribution < -0.4 is 14.8 Å². The van der Waals surface area contributed by atoms with Gasteiger partial charge in [0.15, 0.2) is 11.5 Å². The van der Waals surface area contributed by atoms with E-state index in [9.17, 15) is 8.78 Å². The lowest BCUT2D eigenvalue weighted by Gasteiger charge is -2.13. The highest BCUT2D eigenvalue weighted by molar-refractivity contribution is 6.33. The molecule has 0 saturated carbocycles. The molecule has 5 nitrogen and oxygen atoms in total. The van der Waals surface area contributed by atoms with E-state index in [1.807, 2.05) is 12.1 Å². The third-order valence-corrected chi connectivity index (χ3v) is 4.62. The van der Waals surface area contributed by atoms with Crippen molar-refractivity contribution in [2.45, 2.75) is 12.8 Å². The first-order chi connectivity index (χ1) is 14.0. The van der Waals surface area contributed by atoms with Crippen molar-refractivity contribution in [2.24, 2.45) is 0 Å². The van der Waals surface area contributed by atoms with Crippen molar-refractivity contribution in [3.8, 4) is 17.2 Å². The number of benzene rings is 2. The number of aromatic nitrogens is 2. The summed E-state index contributed by atoms with van der Waals surface area (Å²) in [5.74, 6) is 1.94. The number of nitrogens with zero attached hydrogens (tertiary/aromatic N) is 2. The molecule has 0 unspecified atom stereocenters. The number of halogens is 4. The summed E-state index contributed by atoms with van der Waals surface area (Å²) in [7, 11) is 1.55. The van der Waals surface area contributed by atoms with Gasteiger partial charge in [0.05, 0.1) is 7.11 Å². The Balaban J connectivity index is 1.65. The second-order valence-electron chi connectivity index (χ2n) is 5.94. The maximum Gasteiger partial charge on any atom is 0.282 e. The maximum absolute atomic E-state index is 12.9. The van der Waals surface area contributed by atoms with Crippen LogP contribution in [0.5, 0.6) is 17.2 Å². The molecule has 3 rings (SSSR count). The highest BCUT2D eigenvalue weighted by Crippen LogP contribution is 2.33. The molecule has 1 N–H and O–H groups in total. The molecule has 9 heteroatoms. The van der Waals surface area contributed by atoms with Crippen LogP contribution in [0.4, 0.5) is 14.6 Å². The zero-order chi connectivity index (χ0) is 20.8. The minimum atomic E-state index is -2.76. The Morgan fingerprint density at radius 1 is 1.03 bits per heavy atom. The Hall–Kier alpha value is -2.64. The molecular weight excluding hydrogens is 423 g/mol. The summed E-state index contributed by atoms with van der Waals surface area (Å²) in [6.07, 6.45) is -1.12. The lowest BCUT2D eigenvalue weighted by molar-refractivity contribution is 0.146. The average molecular weight is 440 g/mol. The molecule has 0 bridgehead atoms. The molecule has 1 heterocycles. The van der Waals surface area contributed by atoms with Gasteiger partial charge in [-0.3, -0.25) is 0 Å². The summed E-state index contributed by atoms with van der Waals surface area (Å²) in [6, 6.07) is 12.5. The van der Waals surface area contributed by atoms with Gasteiger partial charge in [0.1, 0.15) is 28.6 Å². The standard InChI is InChI=1S/C20H17Cl2F2N3O2/c1-28-16-10-12(2-7-15(16)29-14-5-3-13(21)4-6-14)8-9-25-20-17(22)18(19(23)24)26-11-27-20/h2-7,10-11,19H,8-9H2,1H3,(H,25,26,27). The van der Waals surface area contributed by atoms with Crippen molar-refractivity contribution in [2.75, 3.05) is 19.0 Å². The quantitative estimate of drug-likeness (QED) is 0.454. The van der Waals surface area contributed by atoms with Crippen LogP contribution in [-0.4, -0.2) is 23.6 Å². The monoisotopic (exact) mass is 439 g/mol. The van der Waals surface area contributed by atoms with Gasteiger partial charge in [-0.05, 0) is 48.4 Å². The summed E-state index contributed by atoms with van der Waals surface area (Å²) in [5, 5.41) is 3.40. The van der Waals surface area contributed by atoms with Gasteiger partial charge < -0.3 is 14.8 Å². The minimum Gasteiger partial charge on any atom is -0.493 e. The molecule has 0 aliphatic carbocycles. The van der Waals surface area contributed by atoms with Gasteiger partial charge in [0.2, 0.25) is 0 Å². The first-order valence-electron chi connectivity index (χ1n) is 8.60. The van der Waals surface area contributed by atoms with Gasteiger partial charge in [0.25, 0.3) is 6.43 Å². The number of ether oxygens (including phenoxy) is 2. The van der Waals surface area contributed by atoms with Gasteiger partial charge in [-0.15, -0.1) is 0 Å². The molecule has 0 aliphatic rings. The molecule has 2 aromatic carbocycles. The van der Waals surface area contributed by atoms with Crippen LogP contribution in [0.3, 0.4) is 0 Å². The maximum atomic E-state index is 12.9. The molecular formula is C20H17Cl2F2N3O2. The van der Waals surface area contributed by atoms with E-state index in [4.69, 9.17) is 32.7 Å². The molecule has 0 atom stereocenters. The normalized spacial score (nSPS) is 10.8. The van der Waals surface area contributed by atoms with Crippen molar-refractivity contribution in [3.63, 3.8) is 0 Å². The summed E-state index contributed by atoms with van der Waals surface area (Å²) >= 11 is 11.8. The second-order valence-corrected chi connectivity index (χ2v) is 6.75. The van der Waals surface area contributed by atoms with E-state index < -0.39 is 12.1 Å². The molecule has 1 aromatic heterocycles. The highest BCUT2D eigenvalue weighted by Gasteiger charge is 2.17. The minimum absolute atomic E-state index is 0.173. The zero-order valence-corrected chi connectivity index (χ0v) is 16.8. The van der Waals surface area contributed by atoms with Gasteiger partial charge in [0, 0.05) is 11.6 Å². The second kappa shape index (κ2) is 9.71. The van der Waals surface area contributed by atoms with Crippen LogP contribution in [0.15, 0.2) is 48.8 Å². The summed E-state index contributed by atoms with van der Waals surface area (Å²) < 4.78 is 37.0. The van der Waals surface area contributed by atoms with Crippen LogP contribution in [0.25, 0.3) is 0 Å². The number of anilines is 1. The summed E-state index contributed by atoms with van der Waals surface area (Å²) in [5.41, 5.74) is 0.464. The number of hydrogen-bond donors (Lipinski definition) is 1. The van der Waals surface area contributed by atoms with Crippen LogP contribution in [-0.2, 0) is 6.42 Å². The largest absolute Gasteiger partial charge is 0.493 e. The van der Waals surface area contributed by atoms with E-state index in [-0.39, 0.29) is 10.8 Å². The first kappa shape index (κ1) is 21.1.